The van der Waals surface area contributed by atoms with Crippen molar-refractivity contribution in [2.75, 3.05) is 18.0 Å². The molecule has 0 aliphatic carbocycles. The minimum absolute atomic E-state index is 0.288. The van der Waals surface area contributed by atoms with Gasteiger partial charge in [-0.25, -0.2) is 4.39 Å². The van der Waals surface area contributed by atoms with Gasteiger partial charge in [-0.05, 0) is 36.6 Å². The van der Waals surface area contributed by atoms with Crippen molar-refractivity contribution in [2.45, 2.75) is 12.8 Å². The summed E-state index contributed by atoms with van der Waals surface area (Å²) in [5.41, 5.74) is 8.46. The van der Waals surface area contributed by atoms with Gasteiger partial charge in [-0.1, -0.05) is 24.3 Å². The fourth-order valence-corrected chi connectivity index (χ4v) is 2.91. The Bertz CT molecular complexity index is 678. The molecular weight excluding hydrogens is 267 g/mol. The van der Waals surface area contributed by atoms with Gasteiger partial charge in [0, 0.05) is 18.7 Å². The van der Waals surface area contributed by atoms with Crippen LogP contribution in [0.5, 0.6) is 0 Å². The summed E-state index contributed by atoms with van der Waals surface area (Å²) < 4.78 is 13.5. The highest BCUT2D eigenvalue weighted by Crippen LogP contribution is 2.36. The Balaban J connectivity index is 2.19. The minimum atomic E-state index is -0.449. The third kappa shape index (κ3) is 2.61. The first kappa shape index (κ1) is 13.6. The summed E-state index contributed by atoms with van der Waals surface area (Å²) in [4.78, 5) is 13.9. The van der Waals surface area contributed by atoms with E-state index in [1.54, 1.807) is 18.2 Å². The number of primary amides is 1. The van der Waals surface area contributed by atoms with E-state index >= 15 is 0 Å². The van der Waals surface area contributed by atoms with Crippen molar-refractivity contribution in [1.82, 2.24) is 0 Å². The molecule has 2 aromatic rings. The maximum Gasteiger partial charge on any atom is 0.250 e. The van der Waals surface area contributed by atoms with Crippen LogP contribution in [0.15, 0.2) is 42.5 Å². The standard InChI is InChI=1S/C17H17FN2O/c18-13-6-3-5-12(11-13)14-7-4-8-15(17(19)21)16(14)20-9-1-2-10-20/h3-8,11H,1-2,9-10H2,(H2,19,21). The van der Waals surface area contributed by atoms with Crippen LogP contribution in [-0.2, 0) is 0 Å². The third-order valence-corrected chi connectivity index (χ3v) is 3.86. The van der Waals surface area contributed by atoms with Gasteiger partial charge in [0.05, 0.1) is 11.3 Å². The number of hydrogen-bond donors (Lipinski definition) is 1. The summed E-state index contributed by atoms with van der Waals surface area (Å²) in [6.45, 7) is 1.79. The Morgan fingerprint density at radius 1 is 1.10 bits per heavy atom. The van der Waals surface area contributed by atoms with Crippen LogP contribution in [0.4, 0.5) is 10.1 Å². The van der Waals surface area contributed by atoms with E-state index in [2.05, 4.69) is 4.90 Å². The topological polar surface area (TPSA) is 46.3 Å². The summed E-state index contributed by atoms with van der Waals surface area (Å²) in [6, 6.07) is 11.9. The number of benzene rings is 2. The molecule has 0 bridgehead atoms. The lowest BCUT2D eigenvalue weighted by Crippen LogP contribution is -2.23. The number of nitrogens with two attached hydrogens (primary N) is 1. The first-order valence-corrected chi connectivity index (χ1v) is 7.10. The van der Waals surface area contributed by atoms with Gasteiger partial charge in [-0.15, -0.1) is 0 Å². The Kier molecular flexibility index (Phi) is 3.60. The number of nitrogens with zero attached hydrogens (tertiary/aromatic N) is 1. The molecule has 4 heteroatoms. The van der Waals surface area contributed by atoms with Gasteiger partial charge >= 0.3 is 0 Å². The van der Waals surface area contributed by atoms with E-state index in [1.165, 1.54) is 12.1 Å². The lowest BCUT2D eigenvalue weighted by molar-refractivity contribution is 0.100. The van der Waals surface area contributed by atoms with E-state index in [0.717, 1.165) is 42.7 Å². The third-order valence-electron chi connectivity index (χ3n) is 3.86. The number of anilines is 1. The van der Waals surface area contributed by atoms with Gasteiger partial charge in [0.25, 0.3) is 5.91 Å². The van der Waals surface area contributed by atoms with E-state index in [1.807, 2.05) is 12.1 Å². The molecule has 1 heterocycles. The fraction of sp³-hybridized carbons (Fsp3) is 0.235. The number of para-hydroxylation sites is 1. The molecule has 1 amide bonds. The largest absolute Gasteiger partial charge is 0.370 e. The van der Waals surface area contributed by atoms with Crippen molar-refractivity contribution in [3.63, 3.8) is 0 Å². The molecule has 1 aliphatic heterocycles. The van der Waals surface area contributed by atoms with Gasteiger partial charge in [0.2, 0.25) is 0 Å². The summed E-state index contributed by atoms with van der Waals surface area (Å²) in [7, 11) is 0. The first-order chi connectivity index (χ1) is 10.2. The predicted octanol–water partition coefficient (Wildman–Crippen LogP) is 3.19. The second-order valence-electron chi connectivity index (χ2n) is 5.27. The minimum Gasteiger partial charge on any atom is -0.370 e. The Labute approximate surface area is 123 Å². The smallest absolute Gasteiger partial charge is 0.250 e. The van der Waals surface area contributed by atoms with Crippen molar-refractivity contribution < 1.29 is 9.18 Å². The zero-order chi connectivity index (χ0) is 14.8. The van der Waals surface area contributed by atoms with Crippen molar-refractivity contribution in [2.24, 2.45) is 5.73 Å². The predicted molar refractivity (Wildman–Crippen MR) is 81.8 cm³/mol. The molecule has 3 nitrogen and oxygen atoms in total. The molecule has 3 rings (SSSR count). The maximum atomic E-state index is 13.5. The van der Waals surface area contributed by atoms with Crippen LogP contribution in [-0.4, -0.2) is 19.0 Å². The quantitative estimate of drug-likeness (QED) is 0.941. The molecule has 2 N–H and O–H groups in total. The summed E-state index contributed by atoms with van der Waals surface area (Å²) >= 11 is 0. The van der Waals surface area contributed by atoms with E-state index in [9.17, 15) is 9.18 Å². The van der Waals surface area contributed by atoms with Crippen LogP contribution in [0.1, 0.15) is 23.2 Å². The van der Waals surface area contributed by atoms with E-state index in [-0.39, 0.29) is 5.82 Å². The maximum absolute atomic E-state index is 13.5. The van der Waals surface area contributed by atoms with Gasteiger partial charge in [0.15, 0.2) is 0 Å². The van der Waals surface area contributed by atoms with Crippen LogP contribution in [0.3, 0.4) is 0 Å². The fourth-order valence-electron chi connectivity index (χ4n) is 2.91. The molecule has 1 saturated heterocycles. The molecule has 0 unspecified atom stereocenters. The van der Waals surface area contributed by atoms with Crippen LogP contribution in [0.25, 0.3) is 11.1 Å². The van der Waals surface area contributed by atoms with Crippen molar-refractivity contribution in [1.29, 1.82) is 0 Å². The lowest BCUT2D eigenvalue weighted by Gasteiger charge is -2.24. The van der Waals surface area contributed by atoms with Crippen LogP contribution in [0, 0.1) is 5.82 Å². The average molecular weight is 284 g/mol. The molecule has 1 aliphatic rings. The molecule has 0 aromatic heterocycles. The van der Waals surface area contributed by atoms with Gasteiger partial charge in [0.1, 0.15) is 5.82 Å². The molecule has 2 aromatic carbocycles. The number of carbonyl (C=O) groups excluding carboxylic acids is 1. The van der Waals surface area contributed by atoms with Gasteiger partial charge < -0.3 is 10.6 Å². The second-order valence-corrected chi connectivity index (χ2v) is 5.27. The van der Waals surface area contributed by atoms with Crippen LogP contribution >= 0.6 is 0 Å². The highest BCUT2D eigenvalue weighted by atomic mass is 19.1. The first-order valence-electron chi connectivity index (χ1n) is 7.10. The highest BCUT2D eigenvalue weighted by molar-refractivity contribution is 6.02. The van der Waals surface area contributed by atoms with Crippen LogP contribution in [0.2, 0.25) is 0 Å². The van der Waals surface area contributed by atoms with E-state index in [0.29, 0.717) is 5.56 Å². The van der Waals surface area contributed by atoms with E-state index < -0.39 is 5.91 Å². The molecule has 1 fully saturated rings. The Hall–Kier alpha value is -2.36. The lowest BCUT2D eigenvalue weighted by atomic mass is 9.98. The number of amides is 1. The highest BCUT2D eigenvalue weighted by Gasteiger charge is 2.22. The number of rotatable bonds is 3. The molecule has 0 radical (unpaired) electrons. The van der Waals surface area contributed by atoms with Gasteiger partial charge in [-0.3, -0.25) is 4.79 Å². The molecule has 0 saturated carbocycles. The summed E-state index contributed by atoms with van der Waals surface area (Å²) in [5, 5.41) is 0. The summed E-state index contributed by atoms with van der Waals surface area (Å²) in [6.07, 6.45) is 2.19. The zero-order valence-corrected chi connectivity index (χ0v) is 11.7. The number of hydrogen-bond acceptors (Lipinski definition) is 2. The number of carbonyl (C=O) groups is 1. The average Bonchev–Trinajstić information content (AvgIpc) is 3.00. The molecular formula is C17H17FN2O. The number of halogens is 1. The monoisotopic (exact) mass is 284 g/mol. The second kappa shape index (κ2) is 5.56. The van der Waals surface area contributed by atoms with E-state index in [4.69, 9.17) is 5.73 Å². The molecule has 0 atom stereocenters. The molecule has 0 spiro atoms. The molecule has 21 heavy (non-hydrogen) atoms. The molecule has 108 valence electrons. The Morgan fingerprint density at radius 2 is 1.81 bits per heavy atom. The zero-order valence-electron chi connectivity index (χ0n) is 11.7. The normalized spacial score (nSPS) is 14.4. The van der Waals surface area contributed by atoms with Crippen LogP contribution < -0.4 is 10.6 Å². The van der Waals surface area contributed by atoms with Crippen molar-refractivity contribution in [3.05, 3.63) is 53.8 Å². The van der Waals surface area contributed by atoms with Crippen molar-refractivity contribution >= 4 is 11.6 Å². The van der Waals surface area contributed by atoms with Crippen molar-refractivity contribution in [3.8, 4) is 11.1 Å². The summed E-state index contributed by atoms with van der Waals surface area (Å²) in [5.74, 6) is -0.737. The Morgan fingerprint density at radius 3 is 2.48 bits per heavy atom. The van der Waals surface area contributed by atoms with Gasteiger partial charge in [-0.2, -0.15) is 0 Å². The SMILES string of the molecule is NC(=O)c1cccc(-c2cccc(F)c2)c1N1CCCC1.